The van der Waals surface area contributed by atoms with Crippen LogP contribution in [0.25, 0.3) is 5.57 Å². The molecule has 0 nitrogen and oxygen atoms in total. The molecule has 0 spiro atoms. The number of thiophene rings is 1. The second kappa shape index (κ2) is 5.49. The Hall–Kier alpha value is -0.820. The van der Waals surface area contributed by atoms with E-state index < -0.39 is 0 Å². The van der Waals surface area contributed by atoms with Crippen molar-refractivity contribution in [3.63, 3.8) is 0 Å². The molecule has 0 aromatic carbocycles. The molecule has 0 aliphatic heterocycles. The molecule has 1 aromatic heterocycles. The largest absolute Gasteiger partial charge is 0.145 e. The molecule has 0 atom stereocenters. The molecule has 0 unspecified atom stereocenters. The number of hydrogen-bond acceptors (Lipinski definition) is 1. The van der Waals surface area contributed by atoms with Gasteiger partial charge in [-0.05, 0) is 50.8 Å². The van der Waals surface area contributed by atoms with Gasteiger partial charge in [-0.25, -0.2) is 0 Å². The molecule has 1 heteroatoms. The van der Waals surface area contributed by atoms with Gasteiger partial charge in [0.05, 0.1) is 0 Å². The van der Waals surface area contributed by atoms with Crippen LogP contribution in [0.5, 0.6) is 0 Å². The van der Waals surface area contributed by atoms with Gasteiger partial charge in [-0.15, -0.1) is 11.3 Å². The number of aryl methyl sites for hydroxylation is 2. The summed E-state index contributed by atoms with van der Waals surface area (Å²) < 4.78 is 0. The van der Waals surface area contributed by atoms with Crippen molar-refractivity contribution in [1.29, 1.82) is 0 Å². The summed E-state index contributed by atoms with van der Waals surface area (Å²) in [5, 5.41) is 0. The summed E-state index contributed by atoms with van der Waals surface area (Å²) in [4.78, 5) is 2.97. The van der Waals surface area contributed by atoms with Crippen LogP contribution in [0.2, 0.25) is 0 Å². The van der Waals surface area contributed by atoms with E-state index in [-0.39, 0.29) is 0 Å². The molecule has 0 saturated carbocycles. The van der Waals surface area contributed by atoms with Gasteiger partial charge in [-0.1, -0.05) is 31.6 Å². The van der Waals surface area contributed by atoms with Crippen LogP contribution >= 0.6 is 11.3 Å². The molecule has 0 fully saturated rings. The molecule has 0 N–H and O–H groups in total. The summed E-state index contributed by atoms with van der Waals surface area (Å²) in [7, 11) is 0. The standard InChI is InChI=1S/C15H22S/c1-7-12-9-13(14(8-2)16-12)15(10(3)4)11(5)6/h9H,3,7-8H2,1-2,4-6H3. The van der Waals surface area contributed by atoms with Gasteiger partial charge in [0.15, 0.2) is 0 Å². The van der Waals surface area contributed by atoms with E-state index in [0.717, 1.165) is 12.8 Å². The van der Waals surface area contributed by atoms with Crippen molar-refractivity contribution in [2.45, 2.75) is 47.5 Å². The fraction of sp³-hybridized carbons (Fsp3) is 0.467. The Bertz CT molecular complexity index is 415. The highest BCUT2D eigenvalue weighted by Gasteiger charge is 2.12. The molecule has 16 heavy (non-hydrogen) atoms. The highest BCUT2D eigenvalue weighted by Crippen LogP contribution is 2.34. The Morgan fingerprint density at radius 1 is 1.19 bits per heavy atom. The molecule has 88 valence electrons. The van der Waals surface area contributed by atoms with Crippen LogP contribution in [0.1, 0.15) is 49.9 Å². The second-order valence-electron chi connectivity index (χ2n) is 4.41. The van der Waals surface area contributed by atoms with Gasteiger partial charge in [0, 0.05) is 9.75 Å². The second-order valence-corrected chi connectivity index (χ2v) is 5.63. The van der Waals surface area contributed by atoms with Crippen LogP contribution in [-0.2, 0) is 12.8 Å². The van der Waals surface area contributed by atoms with Crippen molar-refractivity contribution < 1.29 is 0 Å². The van der Waals surface area contributed by atoms with Gasteiger partial charge < -0.3 is 0 Å². The Morgan fingerprint density at radius 2 is 1.81 bits per heavy atom. The molecule has 0 aliphatic rings. The van der Waals surface area contributed by atoms with E-state index >= 15 is 0 Å². The molecule has 0 saturated heterocycles. The molecular formula is C15H22S. The van der Waals surface area contributed by atoms with E-state index in [0.29, 0.717) is 0 Å². The SMILES string of the molecule is C=C(C)C(=C(C)C)c1cc(CC)sc1CC. The maximum Gasteiger partial charge on any atom is 0.0124 e. The Labute approximate surface area is 104 Å². The predicted octanol–water partition coefficient (Wildman–Crippen LogP) is 5.24. The molecule has 0 radical (unpaired) electrons. The lowest BCUT2D eigenvalue weighted by molar-refractivity contribution is 1.17. The summed E-state index contributed by atoms with van der Waals surface area (Å²) in [5.41, 5.74) is 5.31. The molecule has 1 rings (SSSR count). The summed E-state index contributed by atoms with van der Waals surface area (Å²) in [6.07, 6.45) is 2.24. The van der Waals surface area contributed by atoms with Crippen LogP contribution in [-0.4, -0.2) is 0 Å². The average Bonchev–Trinajstić information content (AvgIpc) is 2.60. The molecular weight excluding hydrogens is 212 g/mol. The Kier molecular flexibility index (Phi) is 4.55. The first-order chi connectivity index (χ1) is 7.51. The van der Waals surface area contributed by atoms with Gasteiger partial charge in [0.1, 0.15) is 0 Å². The van der Waals surface area contributed by atoms with Gasteiger partial charge >= 0.3 is 0 Å². The fourth-order valence-electron chi connectivity index (χ4n) is 2.06. The van der Waals surface area contributed by atoms with Crippen LogP contribution in [0, 0.1) is 0 Å². The highest BCUT2D eigenvalue weighted by molar-refractivity contribution is 7.12. The summed E-state index contributed by atoms with van der Waals surface area (Å²) in [6, 6.07) is 2.35. The molecule has 0 aliphatic carbocycles. The van der Waals surface area contributed by atoms with Gasteiger partial charge in [-0.3, -0.25) is 0 Å². The minimum atomic E-state index is 1.12. The zero-order valence-corrected chi connectivity index (χ0v) is 11.9. The van der Waals surface area contributed by atoms with Crippen molar-refractivity contribution in [1.82, 2.24) is 0 Å². The fourth-order valence-corrected chi connectivity index (χ4v) is 3.11. The quantitative estimate of drug-likeness (QED) is 0.625. The topological polar surface area (TPSA) is 0 Å². The molecule has 0 amide bonds. The summed E-state index contributed by atoms with van der Waals surface area (Å²) in [6.45, 7) is 15.0. The zero-order valence-electron chi connectivity index (χ0n) is 11.1. The molecule has 1 heterocycles. The Balaban J connectivity index is 3.35. The third-order valence-electron chi connectivity index (χ3n) is 2.73. The van der Waals surface area contributed by atoms with Crippen molar-refractivity contribution >= 4 is 16.9 Å². The van der Waals surface area contributed by atoms with Gasteiger partial charge in [-0.2, -0.15) is 0 Å². The van der Waals surface area contributed by atoms with Crippen molar-refractivity contribution in [2.75, 3.05) is 0 Å². The number of rotatable bonds is 4. The monoisotopic (exact) mass is 234 g/mol. The average molecular weight is 234 g/mol. The first kappa shape index (κ1) is 13.2. The zero-order chi connectivity index (χ0) is 12.3. The van der Waals surface area contributed by atoms with Crippen molar-refractivity contribution in [3.8, 4) is 0 Å². The minimum absolute atomic E-state index is 1.12. The van der Waals surface area contributed by atoms with Gasteiger partial charge in [0.2, 0.25) is 0 Å². The maximum absolute atomic E-state index is 4.11. The summed E-state index contributed by atoms with van der Waals surface area (Å²) >= 11 is 1.95. The summed E-state index contributed by atoms with van der Waals surface area (Å²) in [5.74, 6) is 0. The highest BCUT2D eigenvalue weighted by atomic mass is 32.1. The predicted molar refractivity (Wildman–Crippen MR) is 76.2 cm³/mol. The van der Waals surface area contributed by atoms with E-state index in [1.165, 1.54) is 32.0 Å². The first-order valence-electron chi connectivity index (χ1n) is 5.96. The minimum Gasteiger partial charge on any atom is -0.145 e. The lowest BCUT2D eigenvalue weighted by atomic mass is 9.95. The number of hydrogen-bond donors (Lipinski definition) is 0. The normalized spacial score (nSPS) is 10.3. The maximum atomic E-state index is 4.11. The van der Waals surface area contributed by atoms with Crippen molar-refractivity contribution in [3.05, 3.63) is 39.1 Å². The van der Waals surface area contributed by atoms with E-state index in [4.69, 9.17) is 0 Å². The third-order valence-corrected chi connectivity index (χ3v) is 4.15. The van der Waals surface area contributed by atoms with E-state index in [2.05, 4.69) is 47.3 Å². The Morgan fingerprint density at radius 3 is 2.19 bits per heavy atom. The molecule has 0 bridgehead atoms. The van der Waals surface area contributed by atoms with Gasteiger partial charge in [0.25, 0.3) is 0 Å². The van der Waals surface area contributed by atoms with E-state index in [9.17, 15) is 0 Å². The third kappa shape index (κ3) is 2.65. The number of allylic oxidation sites excluding steroid dienone is 3. The van der Waals surface area contributed by atoms with Crippen molar-refractivity contribution in [2.24, 2.45) is 0 Å². The van der Waals surface area contributed by atoms with Crippen LogP contribution < -0.4 is 0 Å². The van der Waals surface area contributed by atoms with E-state index in [1.54, 1.807) is 0 Å². The van der Waals surface area contributed by atoms with Crippen LogP contribution in [0.4, 0.5) is 0 Å². The smallest absolute Gasteiger partial charge is 0.0124 e. The van der Waals surface area contributed by atoms with E-state index in [1.807, 2.05) is 11.3 Å². The lowest BCUT2D eigenvalue weighted by Gasteiger charge is -2.10. The lowest BCUT2D eigenvalue weighted by Crippen LogP contribution is -1.90. The van der Waals surface area contributed by atoms with Crippen LogP contribution in [0.15, 0.2) is 23.8 Å². The first-order valence-corrected chi connectivity index (χ1v) is 6.78. The van der Waals surface area contributed by atoms with Crippen LogP contribution in [0.3, 0.4) is 0 Å². The molecule has 1 aromatic rings.